The van der Waals surface area contributed by atoms with Gasteiger partial charge in [-0.2, -0.15) is 0 Å². The maximum absolute atomic E-state index is 12.7. The Hall–Kier alpha value is -4.07. The van der Waals surface area contributed by atoms with E-state index in [1.165, 1.54) is 0 Å². The van der Waals surface area contributed by atoms with Gasteiger partial charge < -0.3 is 25.0 Å². The molecule has 2 amide bonds. The number of hydrogen-bond donors (Lipinski definition) is 2. The number of benzene rings is 2. The molecule has 2 aromatic carbocycles. The van der Waals surface area contributed by atoms with Crippen LogP contribution >= 0.6 is 0 Å². The molecule has 1 fully saturated rings. The van der Waals surface area contributed by atoms with Crippen LogP contribution in [0, 0.1) is 5.92 Å². The summed E-state index contributed by atoms with van der Waals surface area (Å²) < 4.78 is 10.4. The summed E-state index contributed by atoms with van der Waals surface area (Å²) in [5, 5.41) is 5.87. The number of nitrogens with zero attached hydrogens (tertiary/aromatic N) is 2. The fraction of sp³-hybridized carbons (Fsp3) is 0.269. The number of rotatable bonds is 7. The average molecular weight is 461 g/mol. The largest absolute Gasteiger partial charge is 0.497 e. The van der Waals surface area contributed by atoms with Crippen molar-refractivity contribution >= 4 is 29.0 Å². The van der Waals surface area contributed by atoms with Gasteiger partial charge in [0.2, 0.25) is 5.91 Å². The number of anilines is 3. The van der Waals surface area contributed by atoms with Crippen LogP contribution in [0.15, 0.2) is 66.9 Å². The normalized spacial score (nSPS) is 13.8. The lowest BCUT2D eigenvalue weighted by molar-refractivity contribution is -0.120. The van der Waals surface area contributed by atoms with Crippen molar-refractivity contribution in [2.45, 2.75) is 12.8 Å². The monoisotopic (exact) mass is 460 g/mol. The molecule has 1 aliphatic heterocycles. The number of piperidine rings is 1. The van der Waals surface area contributed by atoms with Crippen LogP contribution in [0.5, 0.6) is 11.5 Å². The van der Waals surface area contributed by atoms with Crippen molar-refractivity contribution in [3.63, 3.8) is 0 Å². The molecule has 0 spiro atoms. The first-order valence-corrected chi connectivity index (χ1v) is 11.2. The minimum absolute atomic E-state index is 0.0178. The molecule has 0 saturated carbocycles. The number of carbonyl (C=O) groups excluding carboxylic acids is 2. The number of hydrogen-bond acceptors (Lipinski definition) is 6. The quantitative estimate of drug-likeness (QED) is 0.549. The van der Waals surface area contributed by atoms with Crippen LogP contribution < -0.4 is 25.0 Å². The summed E-state index contributed by atoms with van der Waals surface area (Å²) in [5.74, 6) is 1.88. The van der Waals surface area contributed by atoms with Gasteiger partial charge in [-0.15, -0.1) is 0 Å². The Morgan fingerprint density at radius 1 is 0.882 bits per heavy atom. The van der Waals surface area contributed by atoms with E-state index in [1.54, 1.807) is 38.6 Å². The fourth-order valence-electron chi connectivity index (χ4n) is 3.93. The average Bonchev–Trinajstić information content (AvgIpc) is 2.89. The molecule has 1 aliphatic rings. The molecule has 2 N–H and O–H groups in total. The van der Waals surface area contributed by atoms with Gasteiger partial charge in [0.15, 0.2) is 0 Å². The summed E-state index contributed by atoms with van der Waals surface area (Å²) in [7, 11) is 3.20. The van der Waals surface area contributed by atoms with E-state index >= 15 is 0 Å². The number of nitrogens with one attached hydrogen (secondary N) is 2. The van der Waals surface area contributed by atoms with Gasteiger partial charge in [-0.1, -0.05) is 6.07 Å². The number of carbonyl (C=O) groups is 2. The molecule has 176 valence electrons. The van der Waals surface area contributed by atoms with Gasteiger partial charge in [0, 0.05) is 48.2 Å². The number of methoxy groups -OCH3 is 2. The Balaban J connectivity index is 1.33. The van der Waals surface area contributed by atoms with E-state index in [1.807, 2.05) is 42.5 Å². The molecule has 0 radical (unpaired) electrons. The highest BCUT2D eigenvalue weighted by Gasteiger charge is 2.26. The molecular formula is C26H28N4O4. The van der Waals surface area contributed by atoms with Crippen molar-refractivity contribution in [1.82, 2.24) is 4.98 Å². The summed E-state index contributed by atoms with van der Waals surface area (Å²) in [6.07, 6.45) is 3.06. The van der Waals surface area contributed by atoms with Crippen LogP contribution in [0.2, 0.25) is 0 Å². The van der Waals surface area contributed by atoms with Crippen LogP contribution in [0.1, 0.15) is 23.2 Å². The van der Waals surface area contributed by atoms with E-state index in [4.69, 9.17) is 9.47 Å². The van der Waals surface area contributed by atoms with E-state index < -0.39 is 0 Å². The second-order valence-corrected chi connectivity index (χ2v) is 8.07. The van der Waals surface area contributed by atoms with Crippen molar-refractivity contribution in [1.29, 1.82) is 0 Å². The van der Waals surface area contributed by atoms with E-state index in [0.717, 1.165) is 17.3 Å². The van der Waals surface area contributed by atoms with Crippen molar-refractivity contribution in [3.05, 3.63) is 72.4 Å². The zero-order valence-corrected chi connectivity index (χ0v) is 19.3. The van der Waals surface area contributed by atoms with Crippen LogP contribution in [-0.4, -0.2) is 44.1 Å². The molecule has 0 aliphatic carbocycles. The smallest absolute Gasteiger partial charge is 0.255 e. The molecule has 0 unspecified atom stereocenters. The lowest BCUT2D eigenvalue weighted by Crippen LogP contribution is -2.38. The topological polar surface area (TPSA) is 92.8 Å². The third kappa shape index (κ3) is 5.64. The summed E-state index contributed by atoms with van der Waals surface area (Å²) in [6.45, 7) is 1.38. The van der Waals surface area contributed by atoms with Crippen LogP contribution in [0.3, 0.4) is 0 Å². The lowest BCUT2D eigenvalue weighted by atomic mass is 9.95. The van der Waals surface area contributed by atoms with Crippen molar-refractivity contribution in [3.8, 4) is 11.5 Å². The Kier molecular flexibility index (Phi) is 7.27. The minimum atomic E-state index is -0.217. The minimum Gasteiger partial charge on any atom is -0.497 e. The standard InChI is InChI=1S/C26H28N4O4/c1-33-22-8-6-20(7-9-22)28-25(31)18-11-14-30(15-12-18)24-16-19(10-13-27-24)26(32)29-21-4-3-5-23(17-21)34-2/h3-10,13,16-18H,11-12,14-15H2,1-2H3,(H,28,31)(H,29,32). The van der Waals surface area contributed by atoms with Crippen LogP contribution in [0.25, 0.3) is 0 Å². The van der Waals surface area contributed by atoms with Crippen molar-refractivity contribution < 1.29 is 19.1 Å². The predicted octanol–water partition coefficient (Wildman–Crippen LogP) is 4.21. The van der Waals surface area contributed by atoms with E-state index in [0.29, 0.717) is 42.9 Å². The summed E-state index contributed by atoms with van der Waals surface area (Å²) >= 11 is 0. The molecule has 8 nitrogen and oxygen atoms in total. The third-order valence-corrected chi connectivity index (χ3v) is 5.88. The maximum Gasteiger partial charge on any atom is 0.255 e. The zero-order valence-electron chi connectivity index (χ0n) is 19.3. The number of pyridine rings is 1. The van der Waals surface area contributed by atoms with Gasteiger partial charge in [0.1, 0.15) is 17.3 Å². The lowest BCUT2D eigenvalue weighted by Gasteiger charge is -2.32. The fourth-order valence-corrected chi connectivity index (χ4v) is 3.93. The number of amides is 2. The van der Waals surface area contributed by atoms with Gasteiger partial charge in [-0.25, -0.2) is 4.98 Å². The maximum atomic E-state index is 12.7. The van der Waals surface area contributed by atoms with Gasteiger partial charge in [-0.05, 0) is 61.4 Å². The van der Waals surface area contributed by atoms with Gasteiger partial charge in [0.05, 0.1) is 14.2 Å². The molecular weight excluding hydrogens is 432 g/mol. The van der Waals surface area contributed by atoms with Crippen LogP contribution in [0.4, 0.5) is 17.2 Å². The molecule has 34 heavy (non-hydrogen) atoms. The molecule has 2 heterocycles. The number of ether oxygens (including phenoxy) is 2. The van der Waals surface area contributed by atoms with Gasteiger partial charge in [0.25, 0.3) is 5.91 Å². The highest BCUT2D eigenvalue weighted by atomic mass is 16.5. The van der Waals surface area contributed by atoms with Crippen LogP contribution in [-0.2, 0) is 4.79 Å². The molecule has 3 aromatic rings. The number of aromatic nitrogens is 1. The third-order valence-electron chi connectivity index (χ3n) is 5.88. The summed E-state index contributed by atoms with van der Waals surface area (Å²) in [4.78, 5) is 32.0. The van der Waals surface area contributed by atoms with E-state index in [-0.39, 0.29) is 17.7 Å². The van der Waals surface area contributed by atoms with Gasteiger partial charge >= 0.3 is 0 Å². The first kappa shape index (κ1) is 23.1. The molecule has 1 aromatic heterocycles. The molecule has 0 bridgehead atoms. The Morgan fingerprint density at radius 2 is 1.62 bits per heavy atom. The molecule has 4 rings (SSSR count). The Bertz CT molecular complexity index is 1140. The van der Waals surface area contributed by atoms with E-state index in [9.17, 15) is 9.59 Å². The Labute approximate surface area is 198 Å². The highest BCUT2D eigenvalue weighted by molar-refractivity contribution is 6.04. The van der Waals surface area contributed by atoms with E-state index in [2.05, 4.69) is 20.5 Å². The van der Waals surface area contributed by atoms with Crippen molar-refractivity contribution in [2.75, 3.05) is 42.8 Å². The predicted molar refractivity (Wildman–Crippen MR) is 132 cm³/mol. The van der Waals surface area contributed by atoms with Crippen molar-refractivity contribution in [2.24, 2.45) is 5.92 Å². The first-order valence-electron chi connectivity index (χ1n) is 11.2. The molecule has 1 saturated heterocycles. The molecule has 0 atom stereocenters. The Morgan fingerprint density at radius 3 is 2.32 bits per heavy atom. The second-order valence-electron chi connectivity index (χ2n) is 8.07. The SMILES string of the molecule is COc1ccc(NC(=O)C2CCN(c3cc(C(=O)Nc4cccc(OC)c4)ccn3)CC2)cc1. The highest BCUT2D eigenvalue weighted by Crippen LogP contribution is 2.25. The van der Waals surface area contributed by atoms with Gasteiger partial charge in [-0.3, -0.25) is 9.59 Å². The summed E-state index contributed by atoms with van der Waals surface area (Å²) in [5.41, 5.74) is 1.93. The first-order chi connectivity index (χ1) is 16.6. The second kappa shape index (κ2) is 10.7. The summed E-state index contributed by atoms with van der Waals surface area (Å²) in [6, 6.07) is 18.0. The molecule has 8 heteroatoms. The zero-order chi connectivity index (χ0) is 23.9.